The topological polar surface area (TPSA) is 27.7 Å². The number of rotatable bonds is 18. The van der Waals surface area contributed by atoms with Crippen molar-refractivity contribution in [3.63, 3.8) is 0 Å². The summed E-state index contributed by atoms with van der Waals surface area (Å²) >= 11 is 0. The Labute approximate surface area is 165 Å². The van der Waals surface area contributed by atoms with E-state index in [0.717, 1.165) is 5.75 Å². The summed E-state index contributed by atoms with van der Waals surface area (Å²) in [6, 6.07) is 0. The van der Waals surface area contributed by atoms with E-state index in [-0.39, 0.29) is 8.41 Å². The van der Waals surface area contributed by atoms with Gasteiger partial charge >= 0.3 is 7.95 Å². The van der Waals surface area contributed by atoms with Gasteiger partial charge in [0.05, 0.1) is 10.8 Å². The number of hydrogen-bond donors (Lipinski definition) is 0. The molecule has 0 saturated carbocycles. The summed E-state index contributed by atoms with van der Waals surface area (Å²) < 4.78 is 18.3. The van der Waals surface area contributed by atoms with Crippen molar-refractivity contribution in [3.8, 4) is 0 Å². The molecule has 0 heterocycles. The minimum absolute atomic E-state index is 0.0623. The Morgan fingerprint density at radius 3 is 1.79 bits per heavy atom. The van der Waals surface area contributed by atoms with Crippen LogP contribution in [0.5, 0.6) is 0 Å². The van der Waals surface area contributed by atoms with Gasteiger partial charge in [0.2, 0.25) is 0 Å². The molecule has 8 heteroatoms. The lowest BCUT2D eigenvalue weighted by atomic mass is 10.1. The summed E-state index contributed by atoms with van der Waals surface area (Å²) in [7, 11) is 3.18. The third-order valence-electron chi connectivity index (χ3n) is 3.08. The van der Waals surface area contributed by atoms with Crippen LogP contribution < -0.4 is 0 Å². The first kappa shape index (κ1) is 25.5. The fraction of sp³-hybridized carbons (Fsp3) is 1.00. The van der Waals surface area contributed by atoms with Gasteiger partial charge in [-0.1, -0.05) is 46.0 Å². The van der Waals surface area contributed by atoms with E-state index in [4.69, 9.17) is 13.3 Å². The molecule has 0 amide bonds. The molecule has 1 atom stereocenters. The summed E-state index contributed by atoms with van der Waals surface area (Å²) in [4.78, 5) is 0. The highest BCUT2D eigenvalue weighted by Gasteiger charge is 2.66. The van der Waals surface area contributed by atoms with Gasteiger partial charge < -0.3 is 13.3 Å². The average Bonchev–Trinajstić information content (AvgIpc) is 2.57. The minimum Gasteiger partial charge on any atom is -0.331 e. The highest BCUT2D eigenvalue weighted by molar-refractivity contribution is 9.29. The zero-order chi connectivity index (χ0) is 18.1. The number of hydrogen-bond acceptors (Lipinski definition) is 6. The molecule has 0 aliphatic rings. The van der Waals surface area contributed by atoms with Crippen LogP contribution in [0.1, 0.15) is 73.1 Å². The average molecular weight is 434 g/mol. The normalized spacial score (nSPS) is 13.4. The van der Waals surface area contributed by atoms with Gasteiger partial charge in [-0.15, -0.1) is 0 Å². The fourth-order valence-electron chi connectivity index (χ4n) is 2.06. The van der Waals surface area contributed by atoms with Crippen LogP contribution in [-0.2, 0) is 21.7 Å². The molecular formula is C16H37O3S4Si+. The standard InChI is InChI=1S/C16H37O3S4Si/c1-6-11-12-13-14-15-16-20-22-23(21-10-5)24(17-7-2,18-8-3)19-9-4/h6-16H2,1-5H3/q+1. The van der Waals surface area contributed by atoms with E-state index in [1.807, 2.05) is 52.2 Å². The SMILES string of the molecule is CCCCCCCCSS[S+](SCC)[Si](OCC)(OCC)OCC. The van der Waals surface area contributed by atoms with Crippen molar-refractivity contribution in [1.29, 1.82) is 0 Å². The first-order valence-electron chi connectivity index (χ1n) is 9.30. The first-order chi connectivity index (χ1) is 11.7. The van der Waals surface area contributed by atoms with Crippen LogP contribution in [0.25, 0.3) is 0 Å². The van der Waals surface area contributed by atoms with Gasteiger partial charge in [0.25, 0.3) is 0 Å². The lowest BCUT2D eigenvalue weighted by Crippen LogP contribution is -2.51. The zero-order valence-corrected chi connectivity index (χ0v) is 20.4. The molecule has 3 nitrogen and oxygen atoms in total. The molecule has 1 unspecified atom stereocenters. The molecule has 0 spiro atoms. The Morgan fingerprint density at radius 2 is 1.29 bits per heavy atom. The lowest BCUT2D eigenvalue weighted by molar-refractivity contribution is 0.0966. The molecule has 0 radical (unpaired) electrons. The van der Waals surface area contributed by atoms with Crippen LogP contribution in [0.3, 0.4) is 0 Å². The molecule has 0 bridgehead atoms. The fourth-order valence-corrected chi connectivity index (χ4v) is 22.8. The molecule has 0 aromatic carbocycles. The van der Waals surface area contributed by atoms with Crippen LogP contribution in [0.2, 0.25) is 0 Å². The summed E-state index contributed by atoms with van der Waals surface area (Å²) in [6.07, 6.45) is 8.13. The van der Waals surface area contributed by atoms with Crippen molar-refractivity contribution in [1.82, 2.24) is 0 Å². The summed E-state index contributed by atoms with van der Waals surface area (Å²) in [5.41, 5.74) is 0. The molecule has 146 valence electrons. The van der Waals surface area contributed by atoms with Crippen molar-refractivity contribution in [2.75, 3.05) is 31.3 Å². The smallest absolute Gasteiger partial charge is 0.331 e. The summed E-state index contributed by atoms with van der Waals surface area (Å²) in [5, 5.41) is 0. The quantitative estimate of drug-likeness (QED) is 0.106. The second-order valence-corrected chi connectivity index (χ2v) is 19.2. The Morgan fingerprint density at radius 1 is 0.750 bits per heavy atom. The van der Waals surface area contributed by atoms with Crippen LogP contribution in [0, 0.1) is 0 Å². The van der Waals surface area contributed by atoms with Crippen molar-refractivity contribution in [2.24, 2.45) is 0 Å². The zero-order valence-electron chi connectivity index (χ0n) is 16.1. The van der Waals surface area contributed by atoms with Gasteiger partial charge in [-0.3, -0.25) is 0 Å². The van der Waals surface area contributed by atoms with E-state index in [9.17, 15) is 0 Å². The molecule has 0 aromatic heterocycles. The van der Waals surface area contributed by atoms with Crippen LogP contribution in [0.4, 0.5) is 0 Å². The van der Waals surface area contributed by atoms with Crippen LogP contribution >= 0.6 is 31.4 Å². The monoisotopic (exact) mass is 433 g/mol. The van der Waals surface area contributed by atoms with Crippen LogP contribution in [0.15, 0.2) is 0 Å². The summed E-state index contributed by atoms with van der Waals surface area (Å²) in [5.74, 6) is 2.27. The maximum atomic E-state index is 6.10. The second-order valence-electron chi connectivity index (χ2n) is 5.10. The van der Waals surface area contributed by atoms with Gasteiger partial charge in [-0.25, -0.2) is 0 Å². The molecule has 0 saturated heterocycles. The van der Waals surface area contributed by atoms with Crippen molar-refractivity contribution in [2.45, 2.75) is 73.1 Å². The maximum Gasteiger partial charge on any atom is 0.808 e. The first-order valence-corrected chi connectivity index (χ1v) is 17.3. The lowest BCUT2D eigenvalue weighted by Gasteiger charge is -2.22. The van der Waals surface area contributed by atoms with Crippen LogP contribution in [-0.4, -0.2) is 39.3 Å². The van der Waals surface area contributed by atoms with E-state index in [2.05, 4.69) is 13.8 Å². The highest BCUT2D eigenvalue weighted by atomic mass is 33.8. The Kier molecular flexibility index (Phi) is 19.0. The molecule has 0 fully saturated rings. The molecule has 0 aliphatic heterocycles. The van der Waals surface area contributed by atoms with Gasteiger partial charge in [0.15, 0.2) is 18.2 Å². The Bertz CT molecular complexity index is 259. The third-order valence-corrected chi connectivity index (χ3v) is 22.3. The van der Waals surface area contributed by atoms with Gasteiger partial charge in [-0.05, 0) is 38.0 Å². The summed E-state index contributed by atoms with van der Waals surface area (Å²) in [6.45, 7) is 12.5. The third kappa shape index (κ3) is 11.3. The molecule has 0 rings (SSSR count). The number of unbranched alkanes of at least 4 members (excludes halogenated alkanes) is 5. The van der Waals surface area contributed by atoms with Gasteiger partial charge in [-0.2, -0.15) is 0 Å². The maximum absolute atomic E-state index is 6.10. The van der Waals surface area contributed by atoms with Gasteiger partial charge in [0, 0.05) is 31.3 Å². The minimum atomic E-state index is -2.60. The van der Waals surface area contributed by atoms with Gasteiger partial charge in [0.1, 0.15) is 0 Å². The van der Waals surface area contributed by atoms with Crippen molar-refractivity contribution >= 4 is 47.8 Å². The second kappa shape index (κ2) is 17.9. The molecule has 0 aliphatic carbocycles. The van der Waals surface area contributed by atoms with E-state index in [1.165, 1.54) is 44.3 Å². The van der Waals surface area contributed by atoms with E-state index < -0.39 is 7.95 Å². The van der Waals surface area contributed by atoms with Crippen molar-refractivity contribution < 1.29 is 13.3 Å². The Balaban J connectivity index is 4.39. The van der Waals surface area contributed by atoms with E-state index in [0.29, 0.717) is 19.8 Å². The predicted molar refractivity (Wildman–Crippen MR) is 120 cm³/mol. The molecule has 24 heavy (non-hydrogen) atoms. The largest absolute Gasteiger partial charge is 0.808 e. The van der Waals surface area contributed by atoms with E-state index in [1.54, 1.807) is 0 Å². The Hall–Kier alpha value is 1.50. The predicted octanol–water partition coefficient (Wildman–Crippen LogP) is 6.47. The molecular weight excluding hydrogens is 397 g/mol. The highest BCUT2D eigenvalue weighted by Crippen LogP contribution is 2.45. The van der Waals surface area contributed by atoms with Crippen molar-refractivity contribution in [3.05, 3.63) is 0 Å². The van der Waals surface area contributed by atoms with E-state index >= 15 is 0 Å². The molecule has 0 N–H and O–H groups in total. The molecule has 0 aromatic rings.